The Morgan fingerprint density at radius 3 is 2.69 bits per heavy atom. The van der Waals surface area contributed by atoms with E-state index in [0.29, 0.717) is 6.61 Å². The molecule has 0 aromatic heterocycles. The number of hydrogen-bond donors (Lipinski definition) is 1. The van der Waals surface area contributed by atoms with E-state index < -0.39 is 18.7 Å². The molecule has 2 aliphatic rings. The van der Waals surface area contributed by atoms with Crippen LogP contribution in [0.25, 0.3) is 0 Å². The van der Waals surface area contributed by atoms with Crippen molar-refractivity contribution in [1.82, 2.24) is 0 Å². The predicted octanol–water partition coefficient (Wildman–Crippen LogP) is -0.663. The molecule has 0 aromatic carbocycles. The molecule has 2 aliphatic heterocycles. The SMILES string of the molecule is COC1OC2OCC(C1O)C2OC. The summed E-state index contributed by atoms with van der Waals surface area (Å²) in [4.78, 5) is 0. The lowest BCUT2D eigenvalue weighted by atomic mass is 9.95. The Kier molecular flexibility index (Phi) is 2.53. The van der Waals surface area contributed by atoms with Gasteiger partial charge in [0, 0.05) is 20.1 Å². The van der Waals surface area contributed by atoms with Crippen LogP contribution < -0.4 is 0 Å². The molecular weight excluding hydrogens is 176 g/mol. The number of ether oxygens (including phenoxy) is 4. The van der Waals surface area contributed by atoms with Gasteiger partial charge >= 0.3 is 0 Å². The number of aliphatic hydroxyl groups excluding tert-OH is 1. The van der Waals surface area contributed by atoms with Gasteiger partial charge in [0.25, 0.3) is 0 Å². The summed E-state index contributed by atoms with van der Waals surface area (Å²) in [7, 11) is 3.09. The monoisotopic (exact) mass is 190 g/mol. The molecule has 2 heterocycles. The minimum Gasteiger partial charge on any atom is -0.387 e. The Balaban J connectivity index is 2.11. The third kappa shape index (κ3) is 1.37. The molecule has 5 nitrogen and oxygen atoms in total. The van der Waals surface area contributed by atoms with Gasteiger partial charge in [0.1, 0.15) is 12.2 Å². The van der Waals surface area contributed by atoms with Crippen LogP contribution in [-0.2, 0) is 18.9 Å². The van der Waals surface area contributed by atoms with Gasteiger partial charge in [-0.05, 0) is 0 Å². The molecule has 5 heteroatoms. The maximum absolute atomic E-state index is 9.75. The molecule has 0 saturated carbocycles. The van der Waals surface area contributed by atoms with E-state index in [1.807, 2.05) is 0 Å². The molecule has 5 atom stereocenters. The summed E-state index contributed by atoms with van der Waals surface area (Å²) in [6.07, 6.45) is -1.85. The topological polar surface area (TPSA) is 57.2 Å². The van der Waals surface area contributed by atoms with E-state index >= 15 is 0 Å². The number of rotatable bonds is 2. The van der Waals surface area contributed by atoms with Gasteiger partial charge in [-0.1, -0.05) is 0 Å². The lowest BCUT2D eigenvalue weighted by molar-refractivity contribution is -0.295. The molecule has 0 aromatic rings. The van der Waals surface area contributed by atoms with Crippen molar-refractivity contribution < 1.29 is 24.1 Å². The smallest absolute Gasteiger partial charge is 0.187 e. The van der Waals surface area contributed by atoms with Gasteiger partial charge in [0.15, 0.2) is 12.6 Å². The van der Waals surface area contributed by atoms with Crippen LogP contribution in [0.15, 0.2) is 0 Å². The van der Waals surface area contributed by atoms with Crippen LogP contribution in [0.3, 0.4) is 0 Å². The second-order valence-electron chi connectivity index (χ2n) is 3.30. The van der Waals surface area contributed by atoms with Crippen molar-refractivity contribution in [2.45, 2.75) is 24.8 Å². The molecule has 2 bridgehead atoms. The molecule has 2 rings (SSSR count). The number of methoxy groups -OCH3 is 2. The zero-order valence-corrected chi connectivity index (χ0v) is 7.67. The highest BCUT2D eigenvalue weighted by atomic mass is 16.8. The van der Waals surface area contributed by atoms with Crippen LogP contribution in [-0.4, -0.2) is 50.7 Å². The summed E-state index contributed by atoms with van der Waals surface area (Å²) >= 11 is 0. The van der Waals surface area contributed by atoms with Crippen LogP contribution in [0.2, 0.25) is 0 Å². The Hall–Kier alpha value is -0.200. The summed E-state index contributed by atoms with van der Waals surface area (Å²) in [6.45, 7) is 0.462. The minimum atomic E-state index is -0.673. The lowest BCUT2D eigenvalue weighted by Crippen LogP contribution is -2.51. The fourth-order valence-corrected chi connectivity index (χ4v) is 1.90. The first-order valence-electron chi connectivity index (χ1n) is 4.28. The molecule has 2 saturated heterocycles. The molecule has 2 fully saturated rings. The maximum atomic E-state index is 9.75. The van der Waals surface area contributed by atoms with Crippen molar-refractivity contribution in [2.75, 3.05) is 20.8 Å². The summed E-state index contributed by atoms with van der Waals surface area (Å²) < 4.78 is 20.8. The van der Waals surface area contributed by atoms with Crippen molar-refractivity contribution in [3.63, 3.8) is 0 Å². The van der Waals surface area contributed by atoms with Gasteiger partial charge < -0.3 is 24.1 Å². The average Bonchev–Trinajstić information content (AvgIpc) is 2.48. The van der Waals surface area contributed by atoms with Crippen molar-refractivity contribution in [3.05, 3.63) is 0 Å². The zero-order valence-electron chi connectivity index (χ0n) is 7.67. The zero-order chi connectivity index (χ0) is 9.42. The second-order valence-corrected chi connectivity index (χ2v) is 3.30. The Bertz CT molecular complexity index is 185. The van der Waals surface area contributed by atoms with E-state index in [1.165, 1.54) is 7.11 Å². The van der Waals surface area contributed by atoms with Gasteiger partial charge in [0.2, 0.25) is 0 Å². The van der Waals surface area contributed by atoms with E-state index in [9.17, 15) is 5.11 Å². The first-order valence-corrected chi connectivity index (χ1v) is 4.28. The van der Waals surface area contributed by atoms with Gasteiger partial charge in [-0.3, -0.25) is 0 Å². The summed E-state index contributed by atoms with van der Waals surface area (Å²) in [6, 6.07) is 0. The molecule has 76 valence electrons. The summed E-state index contributed by atoms with van der Waals surface area (Å²) in [5.74, 6) is -0.0475. The fraction of sp³-hybridized carbons (Fsp3) is 1.00. The lowest BCUT2D eigenvalue weighted by Gasteiger charge is -2.35. The van der Waals surface area contributed by atoms with E-state index in [-0.39, 0.29) is 12.0 Å². The number of fused-ring (bicyclic) bond motifs is 2. The molecule has 0 amide bonds. The summed E-state index contributed by atoms with van der Waals surface area (Å²) in [5.41, 5.74) is 0. The van der Waals surface area contributed by atoms with E-state index in [2.05, 4.69) is 0 Å². The predicted molar refractivity (Wildman–Crippen MR) is 41.9 cm³/mol. The molecule has 0 spiro atoms. The van der Waals surface area contributed by atoms with Crippen LogP contribution in [0.4, 0.5) is 0 Å². The Labute approximate surface area is 76.5 Å². The number of hydrogen-bond acceptors (Lipinski definition) is 5. The average molecular weight is 190 g/mol. The third-order valence-electron chi connectivity index (χ3n) is 2.63. The van der Waals surface area contributed by atoms with Gasteiger partial charge in [-0.25, -0.2) is 0 Å². The van der Waals surface area contributed by atoms with Crippen LogP contribution in [0, 0.1) is 5.92 Å². The first-order chi connectivity index (χ1) is 6.27. The van der Waals surface area contributed by atoms with Gasteiger partial charge in [-0.15, -0.1) is 0 Å². The molecule has 0 aliphatic carbocycles. The Morgan fingerprint density at radius 2 is 2.08 bits per heavy atom. The third-order valence-corrected chi connectivity index (χ3v) is 2.63. The van der Waals surface area contributed by atoms with E-state index in [0.717, 1.165) is 0 Å². The molecule has 13 heavy (non-hydrogen) atoms. The van der Waals surface area contributed by atoms with E-state index in [1.54, 1.807) is 7.11 Å². The first kappa shape index (κ1) is 9.36. The van der Waals surface area contributed by atoms with Crippen LogP contribution in [0.1, 0.15) is 0 Å². The standard InChI is InChI=1S/C8H14O5/c1-10-6-4-3-12-8(6)13-7(11-2)5(4)9/h4-9H,3H2,1-2H3. The van der Waals surface area contributed by atoms with Gasteiger partial charge in [-0.2, -0.15) is 0 Å². The van der Waals surface area contributed by atoms with E-state index in [4.69, 9.17) is 18.9 Å². The van der Waals surface area contributed by atoms with Crippen molar-refractivity contribution >= 4 is 0 Å². The normalized spacial score (nSPS) is 49.6. The highest BCUT2D eigenvalue weighted by Gasteiger charge is 2.51. The maximum Gasteiger partial charge on any atom is 0.187 e. The number of aliphatic hydroxyl groups is 1. The molecule has 0 radical (unpaired) electrons. The van der Waals surface area contributed by atoms with Gasteiger partial charge in [0.05, 0.1) is 6.61 Å². The molecule has 5 unspecified atom stereocenters. The quantitative estimate of drug-likeness (QED) is 0.626. The van der Waals surface area contributed by atoms with Crippen molar-refractivity contribution in [3.8, 4) is 0 Å². The van der Waals surface area contributed by atoms with Crippen molar-refractivity contribution in [1.29, 1.82) is 0 Å². The largest absolute Gasteiger partial charge is 0.387 e. The minimum absolute atomic E-state index is 0.0475. The fourth-order valence-electron chi connectivity index (χ4n) is 1.90. The highest BCUT2D eigenvalue weighted by Crippen LogP contribution is 2.34. The van der Waals surface area contributed by atoms with Crippen LogP contribution >= 0.6 is 0 Å². The van der Waals surface area contributed by atoms with Crippen LogP contribution in [0.5, 0.6) is 0 Å². The second kappa shape index (κ2) is 3.51. The van der Waals surface area contributed by atoms with Crippen molar-refractivity contribution in [2.24, 2.45) is 5.92 Å². The molecule has 1 N–H and O–H groups in total. The molecular formula is C8H14O5. The highest BCUT2D eigenvalue weighted by molar-refractivity contribution is 4.91. The summed E-state index contributed by atoms with van der Waals surface area (Å²) in [5, 5.41) is 9.75. The Morgan fingerprint density at radius 1 is 1.31 bits per heavy atom.